The van der Waals surface area contributed by atoms with Crippen LogP contribution >= 0.6 is 15.9 Å². The van der Waals surface area contributed by atoms with Crippen LogP contribution in [0, 0.1) is 10.1 Å². The van der Waals surface area contributed by atoms with Crippen LogP contribution in [0.1, 0.15) is 11.1 Å². The summed E-state index contributed by atoms with van der Waals surface area (Å²) in [5.74, 6) is -0.119. The number of hydrogen-bond donors (Lipinski definition) is 0. The van der Waals surface area contributed by atoms with Gasteiger partial charge in [0.15, 0.2) is 0 Å². The normalized spacial score (nSPS) is 15.3. The third-order valence-corrected chi connectivity index (χ3v) is 4.24. The number of rotatable bonds is 2. The first-order valence-electron chi connectivity index (χ1n) is 6.52. The van der Waals surface area contributed by atoms with Crippen molar-refractivity contribution in [3.63, 3.8) is 0 Å². The Labute approximate surface area is 135 Å². The number of benzene rings is 2. The van der Waals surface area contributed by atoms with Crippen molar-refractivity contribution in [3.05, 3.63) is 68.2 Å². The molecule has 0 saturated carbocycles. The van der Waals surface area contributed by atoms with Gasteiger partial charge in [-0.25, -0.2) is 0 Å². The van der Waals surface area contributed by atoms with Crippen molar-refractivity contribution < 1.29 is 9.72 Å². The molecule has 0 fully saturated rings. The molecule has 0 aliphatic carbocycles. The highest BCUT2D eigenvalue weighted by atomic mass is 79.9. The number of likely N-dealkylation sites (N-methyl/N-ethyl adjacent to an activating group) is 1. The summed E-state index contributed by atoms with van der Waals surface area (Å²) in [6, 6.07) is 12.3. The Morgan fingerprint density at radius 3 is 2.68 bits per heavy atom. The highest BCUT2D eigenvalue weighted by molar-refractivity contribution is 9.10. The van der Waals surface area contributed by atoms with E-state index in [1.807, 2.05) is 24.3 Å². The lowest BCUT2D eigenvalue weighted by atomic mass is 10.0. The molecule has 5 nitrogen and oxygen atoms in total. The van der Waals surface area contributed by atoms with Gasteiger partial charge in [-0.2, -0.15) is 0 Å². The maximum atomic E-state index is 12.4. The summed E-state index contributed by atoms with van der Waals surface area (Å²) < 4.78 is 0.412. The number of carbonyl (C=O) groups is 1. The van der Waals surface area contributed by atoms with Gasteiger partial charge < -0.3 is 4.90 Å². The molecule has 0 aromatic heterocycles. The summed E-state index contributed by atoms with van der Waals surface area (Å²) >= 11 is 3.15. The number of nitrogens with zero attached hydrogens (tertiary/aromatic N) is 2. The van der Waals surface area contributed by atoms with Crippen LogP contribution in [0.2, 0.25) is 0 Å². The van der Waals surface area contributed by atoms with E-state index in [-0.39, 0.29) is 11.6 Å². The van der Waals surface area contributed by atoms with Crippen LogP contribution in [0.15, 0.2) is 46.9 Å². The molecule has 0 spiro atoms. The average Bonchev–Trinajstić information content (AvgIpc) is 2.74. The van der Waals surface area contributed by atoms with Crippen molar-refractivity contribution in [1.82, 2.24) is 0 Å². The van der Waals surface area contributed by atoms with E-state index in [9.17, 15) is 14.9 Å². The first-order valence-corrected chi connectivity index (χ1v) is 7.31. The predicted octanol–water partition coefficient (Wildman–Crippen LogP) is 3.87. The molecule has 110 valence electrons. The summed E-state index contributed by atoms with van der Waals surface area (Å²) in [4.78, 5) is 24.5. The van der Waals surface area contributed by atoms with Crippen LogP contribution in [-0.4, -0.2) is 17.9 Å². The SMILES string of the molecule is CN1C(=O)/C(=C\c2ccc(Br)c([N+](=O)[O-])c2)c2ccccc21. The standard InChI is InChI=1S/C16H11BrN2O3/c1-18-14-5-3-2-4-11(14)12(16(18)20)8-10-6-7-13(17)15(9-10)19(21)22/h2-9H,1H3/b12-8-. The van der Waals surface area contributed by atoms with Gasteiger partial charge in [0.05, 0.1) is 15.1 Å². The Bertz CT molecular complexity index is 830. The summed E-state index contributed by atoms with van der Waals surface area (Å²) in [7, 11) is 1.71. The minimum atomic E-state index is -0.456. The number of nitro groups is 1. The van der Waals surface area contributed by atoms with Gasteiger partial charge in [-0.05, 0) is 39.7 Å². The van der Waals surface area contributed by atoms with E-state index in [0.717, 1.165) is 11.3 Å². The zero-order valence-electron chi connectivity index (χ0n) is 11.6. The van der Waals surface area contributed by atoms with E-state index in [1.165, 1.54) is 6.07 Å². The summed E-state index contributed by atoms with van der Waals surface area (Å²) in [5, 5.41) is 11.0. The second-order valence-electron chi connectivity index (χ2n) is 4.91. The monoisotopic (exact) mass is 358 g/mol. The quantitative estimate of drug-likeness (QED) is 0.465. The van der Waals surface area contributed by atoms with Gasteiger partial charge in [-0.1, -0.05) is 24.3 Å². The number of nitro benzene ring substituents is 1. The topological polar surface area (TPSA) is 63.5 Å². The molecule has 0 radical (unpaired) electrons. The Morgan fingerprint density at radius 1 is 1.23 bits per heavy atom. The smallest absolute Gasteiger partial charge is 0.284 e. The Balaban J connectivity index is 2.12. The number of carbonyl (C=O) groups excluding carboxylic acids is 1. The lowest BCUT2D eigenvalue weighted by molar-refractivity contribution is -0.385. The lowest BCUT2D eigenvalue weighted by Gasteiger charge is -2.07. The van der Waals surface area contributed by atoms with Crippen molar-refractivity contribution in [1.29, 1.82) is 0 Å². The number of para-hydroxylation sites is 1. The van der Waals surface area contributed by atoms with Crippen LogP contribution in [0.25, 0.3) is 11.6 Å². The van der Waals surface area contributed by atoms with Gasteiger partial charge in [-0.3, -0.25) is 14.9 Å². The van der Waals surface area contributed by atoms with Gasteiger partial charge in [0.1, 0.15) is 0 Å². The minimum Gasteiger partial charge on any atom is -0.311 e. The maximum Gasteiger partial charge on any atom is 0.284 e. The highest BCUT2D eigenvalue weighted by Crippen LogP contribution is 2.37. The summed E-state index contributed by atoms with van der Waals surface area (Å²) in [6.07, 6.45) is 1.68. The molecule has 0 saturated heterocycles. The number of hydrogen-bond acceptors (Lipinski definition) is 3. The summed E-state index contributed by atoms with van der Waals surface area (Å²) in [5.41, 5.74) is 2.80. The fourth-order valence-corrected chi connectivity index (χ4v) is 2.86. The fourth-order valence-electron chi connectivity index (χ4n) is 2.46. The molecule has 2 aromatic rings. The van der Waals surface area contributed by atoms with E-state index in [0.29, 0.717) is 15.6 Å². The molecule has 0 unspecified atom stereocenters. The number of fused-ring (bicyclic) bond motifs is 1. The Morgan fingerprint density at radius 2 is 1.95 bits per heavy atom. The largest absolute Gasteiger partial charge is 0.311 e. The third-order valence-electron chi connectivity index (χ3n) is 3.57. The number of anilines is 1. The molecule has 0 N–H and O–H groups in total. The van der Waals surface area contributed by atoms with Crippen molar-refractivity contribution in [2.75, 3.05) is 11.9 Å². The van der Waals surface area contributed by atoms with Gasteiger partial charge in [0, 0.05) is 24.3 Å². The summed E-state index contributed by atoms with van der Waals surface area (Å²) in [6.45, 7) is 0. The van der Waals surface area contributed by atoms with E-state index in [1.54, 1.807) is 30.2 Å². The zero-order valence-corrected chi connectivity index (χ0v) is 13.2. The highest BCUT2D eigenvalue weighted by Gasteiger charge is 2.29. The molecule has 0 bridgehead atoms. The first kappa shape index (κ1) is 14.5. The minimum absolute atomic E-state index is 0.0264. The fraction of sp³-hybridized carbons (Fsp3) is 0.0625. The third kappa shape index (κ3) is 2.31. The average molecular weight is 359 g/mol. The lowest BCUT2D eigenvalue weighted by Crippen LogP contribution is -2.20. The molecular formula is C16H11BrN2O3. The van der Waals surface area contributed by atoms with Crippen molar-refractivity contribution in [3.8, 4) is 0 Å². The second-order valence-corrected chi connectivity index (χ2v) is 5.76. The van der Waals surface area contributed by atoms with E-state index in [4.69, 9.17) is 0 Å². The van der Waals surface area contributed by atoms with Crippen LogP contribution in [0.5, 0.6) is 0 Å². The van der Waals surface area contributed by atoms with E-state index >= 15 is 0 Å². The van der Waals surface area contributed by atoms with Crippen molar-refractivity contribution >= 4 is 44.9 Å². The molecule has 6 heteroatoms. The number of amides is 1. The van der Waals surface area contributed by atoms with Crippen LogP contribution < -0.4 is 4.90 Å². The van der Waals surface area contributed by atoms with E-state index < -0.39 is 4.92 Å². The molecule has 1 amide bonds. The molecule has 1 aliphatic heterocycles. The Kier molecular flexibility index (Phi) is 3.54. The molecule has 0 atom stereocenters. The molecular weight excluding hydrogens is 348 g/mol. The second kappa shape index (κ2) is 5.38. The van der Waals surface area contributed by atoms with Gasteiger partial charge >= 0.3 is 0 Å². The Hall–Kier alpha value is -2.47. The van der Waals surface area contributed by atoms with Gasteiger partial charge in [-0.15, -0.1) is 0 Å². The van der Waals surface area contributed by atoms with Crippen molar-refractivity contribution in [2.45, 2.75) is 0 Å². The van der Waals surface area contributed by atoms with Crippen LogP contribution in [-0.2, 0) is 4.79 Å². The molecule has 22 heavy (non-hydrogen) atoms. The zero-order chi connectivity index (χ0) is 15.9. The van der Waals surface area contributed by atoms with Crippen LogP contribution in [0.4, 0.5) is 11.4 Å². The molecule has 1 aliphatic rings. The van der Waals surface area contributed by atoms with Crippen molar-refractivity contribution in [2.24, 2.45) is 0 Å². The number of halogens is 1. The first-order chi connectivity index (χ1) is 10.5. The molecule has 2 aromatic carbocycles. The van der Waals surface area contributed by atoms with Crippen LogP contribution in [0.3, 0.4) is 0 Å². The van der Waals surface area contributed by atoms with Gasteiger partial charge in [0.2, 0.25) is 0 Å². The molecule has 1 heterocycles. The van der Waals surface area contributed by atoms with E-state index in [2.05, 4.69) is 15.9 Å². The predicted molar refractivity (Wildman–Crippen MR) is 88.5 cm³/mol. The maximum absolute atomic E-state index is 12.4. The molecule has 3 rings (SSSR count). The van der Waals surface area contributed by atoms with Gasteiger partial charge in [0.25, 0.3) is 11.6 Å².